The van der Waals surface area contributed by atoms with Crippen molar-refractivity contribution >= 4 is 5.97 Å². The van der Waals surface area contributed by atoms with Gasteiger partial charge in [-0.15, -0.1) is 0 Å². The molecule has 0 amide bonds. The Bertz CT molecular complexity index is 84.1. The molecule has 0 aromatic carbocycles. The van der Waals surface area contributed by atoms with Crippen molar-refractivity contribution in [2.75, 3.05) is 6.61 Å². The summed E-state index contributed by atoms with van der Waals surface area (Å²) in [4.78, 5) is 10.0. The summed E-state index contributed by atoms with van der Waals surface area (Å²) in [7, 11) is 0. The number of carbonyl (C=O) groups is 1. The van der Waals surface area contributed by atoms with Crippen molar-refractivity contribution in [2.45, 2.75) is 32.6 Å². The Kier molecular flexibility index (Phi) is 12.5. The van der Waals surface area contributed by atoms with E-state index in [1.165, 1.54) is 6.42 Å². The van der Waals surface area contributed by atoms with Gasteiger partial charge in [0.2, 0.25) is 0 Å². The van der Waals surface area contributed by atoms with Crippen LogP contribution in [0.25, 0.3) is 0 Å². The molecule has 0 aromatic rings. The molecule has 0 unspecified atom stereocenters. The van der Waals surface area contributed by atoms with Crippen molar-refractivity contribution in [3.05, 3.63) is 6.92 Å². The number of cyclic esters (lactones) is 1. The number of rotatable bonds is 1. The predicted molar refractivity (Wildman–Crippen MR) is 40.5 cm³/mol. The summed E-state index contributed by atoms with van der Waals surface area (Å²) in [6.07, 6.45) is 3.82. The van der Waals surface area contributed by atoms with Crippen LogP contribution in [0.15, 0.2) is 0 Å². The SMILES string of the molecule is O=C1CCCO1.[CH2-]CCC.[Li+]. The van der Waals surface area contributed by atoms with Gasteiger partial charge >= 0.3 is 24.8 Å². The second-order valence-corrected chi connectivity index (χ2v) is 2.18. The van der Waals surface area contributed by atoms with E-state index in [0.29, 0.717) is 13.0 Å². The minimum atomic E-state index is -0.0463. The summed E-state index contributed by atoms with van der Waals surface area (Å²) in [6.45, 7) is 6.36. The van der Waals surface area contributed by atoms with Gasteiger partial charge in [0, 0.05) is 6.42 Å². The summed E-state index contributed by atoms with van der Waals surface area (Å²) in [5, 5.41) is 0. The number of hydrogen-bond acceptors (Lipinski definition) is 2. The fraction of sp³-hybridized carbons (Fsp3) is 0.750. The van der Waals surface area contributed by atoms with Crippen LogP contribution in [0.1, 0.15) is 32.6 Å². The van der Waals surface area contributed by atoms with Gasteiger partial charge < -0.3 is 11.7 Å². The number of esters is 1. The second-order valence-electron chi connectivity index (χ2n) is 2.18. The first-order valence-electron chi connectivity index (χ1n) is 3.76. The van der Waals surface area contributed by atoms with Crippen LogP contribution < -0.4 is 18.9 Å². The van der Waals surface area contributed by atoms with Crippen molar-refractivity contribution in [2.24, 2.45) is 0 Å². The Hall–Kier alpha value is 0.0674. The third kappa shape index (κ3) is 10.1. The summed E-state index contributed by atoms with van der Waals surface area (Å²) in [5.41, 5.74) is 0. The van der Waals surface area contributed by atoms with Gasteiger partial charge in [-0.3, -0.25) is 4.79 Å². The minimum absolute atomic E-state index is 0. The van der Waals surface area contributed by atoms with Crippen molar-refractivity contribution in [1.82, 2.24) is 0 Å². The van der Waals surface area contributed by atoms with Crippen molar-refractivity contribution in [1.29, 1.82) is 0 Å². The van der Waals surface area contributed by atoms with Crippen LogP contribution in [0.5, 0.6) is 0 Å². The van der Waals surface area contributed by atoms with Gasteiger partial charge in [-0.05, 0) is 6.42 Å². The number of unbranched alkanes of at least 4 members (excludes halogenated alkanes) is 1. The first-order chi connectivity index (χ1) is 4.81. The van der Waals surface area contributed by atoms with Gasteiger partial charge in [0.15, 0.2) is 0 Å². The molecule has 0 atom stereocenters. The van der Waals surface area contributed by atoms with E-state index in [4.69, 9.17) is 0 Å². The molecule has 0 N–H and O–H groups in total. The molecule has 3 heteroatoms. The minimum Gasteiger partial charge on any atom is -0.466 e. The van der Waals surface area contributed by atoms with Crippen LogP contribution in [0.4, 0.5) is 0 Å². The van der Waals surface area contributed by atoms with E-state index in [-0.39, 0.29) is 24.8 Å². The van der Waals surface area contributed by atoms with E-state index < -0.39 is 0 Å². The summed E-state index contributed by atoms with van der Waals surface area (Å²) < 4.78 is 4.51. The molecule has 60 valence electrons. The van der Waals surface area contributed by atoms with Gasteiger partial charge in [0.1, 0.15) is 0 Å². The largest absolute Gasteiger partial charge is 1.00 e. The normalized spacial score (nSPS) is 14.2. The number of ether oxygens (including phenoxy) is 1. The molecule has 1 aliphatic rings. The molecule has 0 aromatic heterocycles. The van der Waals surface area contributed by atoms with Crippen molar-refractivity contribution in [3.8, 4) is 0 Å². The molecule has 1 rings (SSSR count). The zero-order valence-corrected chi connectivity index (χ0v) is 7.56. The summed E-state index contributed by atoms with van der Waals surface area (Å²) in [6, 6.07) is 0. The molecule has 2 nitrogen and oxygen atoms in total. The number of carbonyl (C=O) groups excluding carboxylic acids is 1. The maximum absolute atomic E-state index is 10.0. The Labute approximate surface area is 80.9 Å². The summed E-state index contributed by atoms with van der Waals surface area (Å²) >= 11 is 0. The quantitative estimate of drug-likeness (QED) is 0.271. The smallest absolute Gasteiger partial charge is 0.466 e. The van der Waals surface area contributed by atoms with Crippen LogP contribution in [-0.4, -0.2) is 12.6 Å². The van der Waals surface area contributed by atoms with Gasteiger partial charge in [-0.2, -0.15) is 6.42 Å². The molecule has 0 spiro atoms. The van der Waals surface area contributed by atoms with Crippen LogP contribution in [0.3, 0.4) is 0 Å². The molecule has 11 heavy (non-hydrogen) atoms. The average molecular weight is 150 g/mol. The van der Waals surface area contributed by atoms with Crippen molar-refractivity contribution in [3.63, 3.8) is 0 Å². The molecule has 1 aliphatic heterocycles. The monoisotopic (exact) mass is 150 g/mol. The van der Waals surface area contributed by atoms with Crippen molar-refractivity contribution < 1.29 is 28.4 Å². The van der Waals surface area contributed by atoms with Crippen LogP contribution in [-0.2, 0) is 9.53 Å². The van der Waals surface area contributed by atoms with Gasteiger partial charge in [-0.1, -0.05) is 13.3 Å². The van der Waals surface area contributed by atoms with Gasteiger partial charge in [-0.25, -0.2) is 0 Å². The van der Waals surface area contributed by atoms with Crippen LogP contribution in [0.2, 0.25) is 0 Å². The number of hydrogen-bond donors (Lipinski definition) is 0. The van der Waals surface area contributed by atoms with Crippen LogP contribution in [0, 0.1) is 6.92 Å². The Morgan fingerprint density at radius 2 is 2.18 bits per heavy atom. The second kappa shape index (κ2) is 10.1. The zero-order valence-electron chi connectivity index (χ0n) is 7.56. The molecule has 0 radical (unpaired) electrons. The Morgan fingerprint density at radius 3 is 2.27 bits per heavy atom. The van der Waals surface area contributed by atoms with E-state index in [0.717, 1.165) is 12.8 Å². The standard InChI is InChI=1S/C4H6O2.C4H9.Li/c5-4-2-1-3-6-4;1-3-4-2;/h1-3H2;1,3-4H2,2H3;/q;-1;+1. The first kappa shape index (κ1) is 13.6. The van der Waals surface area contributed by atoms with Gasteiger partial charge in [0.25, 0.3) is 0 Å². The zero-order chi connectivity index (χ0) is 7.82. The van der Waals surface area contributed by atoms with Crippen LogP contribution >= 0.6 is 0 Å². The molecule has 0 bridgehead atoms. The summed E-state index contributed by atoms with van der Waals surface area (Å²) in [5.74, 6) is -0.0463. The van der Waals surface area contributed by atoms with E-state index in [2.05, 4.69) is 18.6 Å². The third-order valence-electron chi connectivity index (χ3n) is 1.14. The van der Waals surface area contributed by atoms with E-state index in [1.807, 2.05) is 0 Å². The maximum Gasteiger partial charge on any atom is 1.00 e. The molecule has 1 saturated heterocycles. The molecule has 0 saturated carbocycles. The Balaban J connectivity index is 0. The molecule has 1 fully saturated rings. The van der Waals surface area contributed by atoms with Gasteiger partial charge in [0.05, 0.1) is 6.61 Å². The van der Waals surface area contributed by atoms with E-state index in [1.54, 1.807) is 0 Å². The molecular formula is C8H15LiO2. The first-order valence-corrected chi connectivity index (χ1v) is 3.76. The third-order valence-corrected chi connectivity index (χ3v) is 1.14. The molecular weight excluding hydrogens is 135 g/mol. The Morgan fingerprint density at radius 1 is 1.64 bits per heavy atom. The van der Waals surface area contributed by atoms with E-state index >= 15 is 0 Å². The average Bonchev–Trinajstić information content (AvgIpc) is 2.40. The fourth-order valence-electron chi connectivity index (χ4n) is 0.475. The topological polar surface area (TPSA) is 26.3 Å². The molecule has 0 aliphatic carbocycles. The van der Waals surface area contributed by atoms with E-state index in [9.17, 15) is 4.79 Å². The molecule has 1 heterocycles. The fourth-order valence-corrected chi connectivity index (χ4v) is 0.475. The maximum atomic E-state index is 10.0. The predicted octanol–water partition coefficient (Wildman–Crippen LogP) is -1.05.